The molecule has 0 atom stereocenters. The number of nitrogens with zero attached hydrogens (tertiary/aromatic N) is 6. The Morgan fingerprint density at radius 3 is 1.21 bits per heavy atom. The van der Waals surface area contributed by atoms with E-state index in [0.717, 1.165) is 67.3 Å². The van der Waals surface area contributed by atoms with Gasteiger partial charge in [0.15, 0.2) is 8.07 Å². The fourth-order valence-corrected chi connectivity index (χ4v) is 16.7. The van der Waals surface area contributed by atoms with Crippen LogP contribution in [0.2, 0.25) is 0 Å². The molecule has 0 aliphatic carbocycles. The van der Waals surface area contributed by atoms with Crippen LogP contribution in [-0.4, -0.2) is 36.1 Å². The number of imidazole rings is 2. The van der Waals surface area contributed by atoms with Crippen LogP contribution in [0.5, 0.6) is 0 Å². The molecule has 6 nitrogen and oxygen atoms in total. The summed E-state index contributed by atoms with van der Waals surface area (Å²) < 4.78 is 9.23. The Labute approximate surface area is 421 Å². The standard InChI is InChI=1S/C66H44N6Si/c1-3-19-48(20-4-1)73(49-21-5-2-6-22-49,51-41-37-47(38-42-51)69-57-28-12-7-23-52(57)53-24-8-13-29-58(53)69)50-39-35-45(36-40-50)46-43-64(70-59-30-14-9-25-54(59)55-26-10-15-31-60(55)70)68-65(44-46)72-63-34-18-17-33-62(63)71-61-32-16-11-27-56(61)67-66(71)72/h1-44H. The number of benzene rings is 10. The molecule has 15 rings (SSSR count). The van der Waals surface area contributed by atoms with Gasteiger partial charge < -0.3 is 4.57 Å². The Kier molecular flexibility index (Phi) is 9.18. The molecule has 0 bridgehead atoms. The smallest absolute Gasteiger partial charge is 0.221 e. The third-order valence-electron chi connectivity index (χ3n) is 15.1. The monoisotopic (exact) mass is 948 g/mol. The van der Waals surface area contributed by atoms with Crippen LogP contribution in [0.1, 0.15) is 0 Å². The summed E-state index contributed by atoms with van der Waals surface area (Å²) in [5.74, 6) is 2.45. The van der Waals surface area contributed by atoms with Crippen LogP contribution in [-0.2, 0) is 0 Å². The van der Waals surface area contributed by atoms with E-state index < -0.39 is 8.07 Å². The lowest BCUT2D eigenvalue weighted by molar-refractivity contribution is 0.997. The minimum Gasteiger partial charge on any atom is -0.309 e. The van der Waals surface area contributed by atoms with Crippen molar-refractivity contribution in [2.45, 2.75) is 0 Å². The van der Waals surface area contributed by atoms with E-state index in [0.29, 0.717) is 0 Å². The van der Waals surface area contributed by atoms with E-state index in [9.17, 15) is 0 Å². The molecular weight excluding hydrogens is 905 g/mol. The lowest BCUT2D eigenvalue weighted by Crippen LogP contribution is -2.74. The summed E-state index contributed by atoms with van der Waals surface area (Å²) in [6.07, 6.45) is 0. The second-order valence-electron chi connectivity index (χ2n) is 19.0. The highest BCUT2D eigenvalue weighted by Crippen LogP contribution is 2.36. The van der Waals surface area contributed by atoms with Gasteiger partial charge in [-0.25, -0.2) is 9.97 Å². The number of para-hydroxylation sites is 8. The molecule has 73 heavy (non-hydrogen) atoms. The zero-order valence-corrected chi connectivity index (χ0v) is 40.6. The number of pyridine rings is 1. The van der Waals surface area contributed by atoms with Gasteiger partial charge in [-0.3, -0.25) is 13.5 Å². The molecule has 15 aromatic rings. The molecule has 5 heterocycles. The van der Waals surface area contributed by atoms with E-state index in [1.54, 1.807) is 0 Å². The van der Waals surface area contributed by atoms with E-state index in [1.165, 1.54) is 53.3 Å². The van der Waals surface area contributed by atoms with E-state index in [2.05, 4.69) is 285 Å². The fourth-order valence-electron chi connectivity index (χ4n) is 12.0. The maximum absolute atomic E-state index is 5.63. The fraction of sp³-hybridized carbons (Fsp3) is 0. The Morgan fingerprint density at radius 1 is 0.274 bits per heavy atom. The van der Waals surface area contributed by atoms with Crippen molar-refractivity contribution in [3.8, 4) is 28.5 Å². The van der Waals surface area contributed by atoms with Crippen molar-refractivity contribution in [3.05, 3.63) is 267 Å². The molecule has 0 spiro atoms. The first-order valence-corrected chi connectivity index (χ1v) is 26.9. The Balaban J connectivity index is 0.947. The van der Waals surface area contributed by atoms with E-state index >= 15 is 0 Å². The first-order chi connectivity index (χ1) is 36.2. The van der Waals surface area contributed by atoms with Gasteiger partial charge >= 0.3 is 0 Å². The van der Waals surface area contributed by atoms with Gasteiger partial charge in [0.05, 0.1) is 44.1 Å². The van der Waals surface area contributed by atoms with Crippen molar-refractivity contribution in [3.63, 3.8) is 0 Å². The third kappa shape index (κ3) is 6.16. The zero-order chi connectivity index (χ0) is 48.0. The molecule has 0 saturated carbocycles. The predicted octanol–water partition coefficient (Wildman–Crippen LogP) is 13.1. The summed E-state index contributed by atoms with van der Waals surface area (Å²) in [5, 5.41) is 10.2. The molecular formula is C66H44N6Si. The molecule has 0 amide bonds. The van der Waals surface area contributed by atoms with Gasteiger partial charge in [0, 0.05) is 27.2 Å². The maximum Gasteiger partial charge on any atom is 0.221 e. The molecule has 0 fully saturated rings. The summed E-state index contributed by atoms with van der Waals surface area (Å²) in [7, 11) is -2.93. The molecule has 0 aliphatic heterocycles. The topological polar surface area (TPSA) is 45.0 Å². The van der Waals surface area contributed by atoms with Crippen LogP contribution in [0.15, 0.2) is 267 Å². The summed E-state index contributed by atoms with van der Waals surface area (Å²) in [6, 6.07) is 97.5. The van der Waals surface area contributed by atoms with Crippen molar-refractivity contribution in [2.24, 2.45) is 0 Å². The number of aromatic nitrogens is 6. The molecule has 0 unspecified atom stereocenters. The molecule has 0 N–H and O–H groups in total. The second kappa shape index (κ2) is 16.2. The summed E-state index contributed by atoms with van der Waals surface area (Å²) in [5.41, 5.74) is 12.0. The maximum atomic E-state index is 5.63. The quantitative estimate of drug-likeness (QED) is 0.113. The van der Waals surface area contributed by atoms with Crippen molar-refractivity contribution >= 4 is 100 Å². The van der Waals surface area contributed by atoms with Gasteiger partial charge in [0.1, 0.15) is 11.6 Å². The van der Waals surface area contributed by atoms with Crippen molar-refractivity contribution < 1.29 is 0 Å². The van der Waals surface area contributed by atoms with Crippen LogP contribution in [0.25, 0.3) is 99.9 Å². The normalized spacial score (nSPS) is 12.1. The van der Waals surface area contributed by atoms with E-state index in [4.69, 9.17) is 9.97 Å². The highest BCUT2D eigenvalue weighted by molar-refractivity contribution is 7.19. The van der Waals surface area contributed by atoms with Gasteiger partial charge in [-0.15, -0.1) is 0 Å². The second-order valence-corrected chi connectivity index (χ2v) is 22.8. The van der Waals surface area contributed by atoms with Gasteiger partial charge in [-0.2, -0.15) is 0 Å². The molecule has 342 valence electrons. The Hall–Kier alpha value is -9.56. The first-order valence-electron chi connectivity index (χ1n) is 24.9. The highest BCUT2D eigenvalue weighted by atomic mass is 28.3. The number of hydrogen-bond acceptors (Lipinski definition) is 2. The molecule has 0 aliphatic rings. The van der Waals surface area contributed by atoms with Gasteiger partial charge in [0.25, 0.3) is 0 Å². The van der Waals surface area contributed by atoms with Gasteiger partial charge in [-0.1, -0.05) is 194 Å². The van der Waals surface area contributed by atoms with Gasteiger partial charge in [-0.05, 0) is 105 Å². The largest absolute Gasteiger partial charge is 0.309 e. The van der Waals surface area contributed by atoms with Crippen LogP contribution in [0.3, 0.4) is 0 Å². The van der Waals surface area contributed by atoms with Crippen LogP contribution in [0, 0.1) is 0 Å². The van der Waals surface area contributed by atoms with E-state index in [1.807, 2.05) is 0 Å². The minimum atomic E-state index is -2.93. The molecule has 10 aromatic carbocycles. The average Bonchev–Trinajstić information content (AvgIpc) is 4.20. The summed E-state index contributed by atoms with van der Waals surface area (Å²) >= 11 is 0. The van der Waals surface area contributed by atoms with Crippen molar-refractivity contribution in [2.75, 3.05) is 0 Å². The Bertz CT molecular complexity index is 4460. The SMILES string of the molecule is c1ccc([Si](c2ccccc2)(c2ccc(-c3cc(-n4c5ccccc5c5ccccc54)nc(-n4c5ccccc5n5c6ccccc6nc45)c3)cc2)c2ccc(-n3c4ccccc4c4ccccc43)cc2)cc1. The first kappa shape index (κ1) is 41.2. The highest BCUT2D eigenvalue weighted by Gasteiger charge is 2.41. The predicted molar refractivity (Wildman–Crippen MR) is 305 cm³/mol. The van der Waals surface area contributed by atoms with Crippen LogP contribution < -0.4 is 20.7 Å². The molecule has 0 radical (unpaired) electrons. The summed E-state index contributed by atoms with van der Waals surface area (Å²) in [4.78, 5) is 10.9. The molecule has 5 aromatic heterocycles. The molecule has 0 saturated heterocycles. The average molecular weight is 949 g/mol. The number of fused-ring (bicyclic) bond motifs is 11. The van der Waals surface area contributed by atoms with Crippen LogP contribution >= 0.6 is 0 Å². The van der Waals surface area contributed by atoms with Crippen molar-refractivity contribution in [1.29, 1.82) is 0 Å². The Morgan fingerprint density at radius 2 is 0.671 bits per heavy atom. The van der Waals surface area contributed by atoms with Crippen LogP contribution in [0.4, 0.5) is 0 Å². The molecule has 7 heteroatoms. The lowest BCUT2D eigenvalue weighted by Gasteiger charge is -2.34. The lowest BCUT2D eigenvalue weighted by atomic mass is 10.1. The number of hydrogen-bond donors (Lipinski definition) is 0. The van der Waals surface area contributed by atoms with E-state index in [-0.39, 0.29) is 0 Å². The van der Waals surface area contributed by atoms with Gasteiger partial charge in [0.2, 0.25) is 5.78 Å². The summed E-state index contributed by atoms with van der Waals surface area (Å²) in [6.45, 7) is 0. The zero-order valence-electron chi connectivity index (χ0n) is 39.6. The van der Waals surface area contributed by atoms with Crippen molar-refractivity contribution in [1.82, 2.24) is 28.1 Å². The number of rotatable bonds is 8. The minimum absolute atomic E-state index is 0.792. The third-order valence-corrected chi connectivity index (χ3v) is 19.9.